The largest absolute Gasteiger partial charge is 0.416 e. The summed E-state index contributed by atoms with van der Waals surface area (Å²) in [4.78, 5) is 8.26. The summed E-state index contributed by atoms with van der Waals surface area (Å²) in [5, 5.41) is 2.80. The Morgan fingerprint density at radius 3 is 2.57 bits per heavy atom. The topological polar surface area (TPSA) is 88.9 Å². The molecule has 1 aliphatic rings. The van der Waals surface area contributed by atoms with E-state index in [0.29, 0.717) is 23.0 Å². The van der Waals surface area contributed by atoms with Gasteiger partial charge in [0.1, 0.15) is 5.82 Å². The Kier molecular flexibility index (Phi) is 5.02. The van der Waals surface area contributed by atoms with Crippen LogP contribution in [0.2, 0.25) is 0 Å². The molecule has 1 saturated carbocycles. The maximum absolute atomic E-state index is 12.9. The summed E-state index contributed by atoms with van der Waals surface area (Å²) in [6.07, 6.45) is 2.07. The maximum atomic E-state index is 12.9. The highest BCUT2D eigenvalue weighted by Gasteiger charge is 2.31. The molecule has 0 atom stereocenters. The van der Waals surface area contributed by atoms with Gasteiger partial charge in [-0.15, -0.1) is 0 Å². The highest BCUT2D eigenvalue weighted by molar-refractivity contribution is 7.89. The highest BCUT2D eigenvalue weighted by Crippen LogP contribution is 2.37. The van der Waals surface area contributed by atoms with E-state index >= 15 is 0 Å². The Morgan fingerprint density at radius 1 is 1.13 bits per heavy atom. The molecule has 0 spiro atoms. The van der Waals surface area contributed by atoms with Crippen molar-refractivity contribution in [3.8, 4) is 11.3 Å². The Hall–Kier alpha value is -2.92. The third-order valence-electron chi connectivity index (χ3n) is 4.74. The number of sulfonamides is 1. The summed E-state index contributed by atoms with van der Waals surface area (Å²) in [6.45, 7) is 0. The SMILES string of the molecule is CNS(=O)(=O)c1ccc(Nc2cc(C(F)(F)F)ccn2)cc1-c1cn(C2CC2)cn1. The van der Waals surface area contributed by atoms with E-state index in [1.165, 1.54) is 25.2 Å². The monoisotopic (exact) mass is 437 g/mol. The van der Waals surface area contributed by atoms with Gasteiger partial charge in [-0.05, 0) is 50.2 Å². The van der Waals surface area contributed by atoms with Gasteiger partial charge in [0.05, 0.1) is 22.5 Å². The first-order valence-electron chi connectivity index (χ1n) is 9.09. The second kappa shape index (κ2) is 7.40. The van der Waals surface area contributed by atoms with Gasteiger partial charge in [-0.2, -0.15) is 13.2 Å². The van der Waals surface area contributed by atoms with Crippen LogP contribution in [0.5, 0.6) is 0 Å². The van der Waals surface area contributed by atoms with Gasteiger partial charge in [-0.1, -0.05) is 0 Å². The number of alkyl halides is 3. The third kappa shape index (κ3) is 4.17. The average molecular weight is 437 g/mol. The summed E-state index contributed by atoms with van der Waals surface area (Å²) >= 11 is 0. The molecule has 7 nitrogen and oxygen atoms in total. The van der Waals surface area contributed by atoms with Crippen LogP contribution < -0.4 is 10.0 Å². The van der Waals surface area contributed by atoms with Crippen molar-refractivity contribution in [1.82, 2.24) is 19.3 Å². The van der Waals surface area contributed by atoms with Crippen molar-refractivity contribution in [2.45, 2.75) is 30.0 Å². The quantitative estimate of drug-likeness (QED) is 0.610. The minimum atomic E-state index is -4.50. The van der Waals surface area contributed by atoms with E-state index in [1.54, 1.807) is 12.5 Å². The Bertz CT molecular complexity index is 1190. The summed E-state index contributed by atoms with van der Waals surface area (Å²) in [5.74, 6) is -0.0106. The van der Waals surface area contributed by atoms with Crippen LogP contribution >= 0.6 is 0 Å². The summed E-state index contributed by atoms with van der Waals surface area (Å²) < 4.78 is 68.0. The molecule has 1 fully saturated rings. The lowest BCUT2D eigenvalue weighted by atomic mass is 10.1. The van der Waals surface area contributed by atoms with Crippen molar-refractivity contribution in [2.75, 3.05) is 12.4 Å². The second-order valence-electron chi connectivity index (χ2n) is 6.91. The van der Waals surface area contributed by atoms with Gasteiger partial charge in [0, 0.05) is 29.7 Å². The zero-order valence-electron chi connectivity index (χ0n) is 15.8. The Labute approximate surface area is 171 Å². The van der Waals surface area contributed by atoms with Gasteiger partial charge in [-0.25, -0.2) is 23.1 Å². The van der Waals surface area contributed by atoms with Crippen molar-refractivity contribution >= 4 is 21.5 Å². The number of benzene rings is 1. The number of nitrogens with one attached hydrogen (secondary N) is 2. The zero-order valence-corrected chi connectivity index (χ0v) is 16.6. The molecule has 2 aromatic heterocycles. The van der Waals surface area contributed by atoms with Crippen molar-refractivity contribution < 1.29 is 21.6 Å². The minimum Gasteiger partial charge on any atom is -0.340 e. The molecule has 0 radical (unpaired) electrons. The lowest BCUT2D eigenvalue weighted by Crippen LogP contribution is -2.19. The number of aromatic nitrogens is 3. The number of anilines is 2. The van der Waals surface area contributed by atoms with Crippen LogP contribution in [0.3, 0.4) is 0 Å². The van der Waals surface area contributed by atoms with E-state index in [2.05, 4.69) is 20.0 Å². The van der Waals surface area contributed by atoms with Gasteiger partial charge < -0.3 is 9.88 Å². The minimum absolute atomic E-state index is 0.0106. The summed E-state index contributed by atoms with van der Waals surface area (Å²) in [6, 6.07) is 6.52. The lowest BCUT2D eigenvalue weighted by Gasteiger charge is -2.13. The van der Waals surface area contributed by atoms with Gasteiger partial charge >= 0.3 is 6.18 Å². The number of pyridine rings is 1. The fourth-order valence-corrected chi connectivity index (χ4v) is 3.94. The van der Waals surface area contributed by atoms with Gasteiger partial charge in [0.15, 0.2) is 0 Å². The van der Waals surface area contributed by atoms with Crippen LogP contribution in [0, 0.1) is 0 Å². The first kappa shape index (κ1) is 20.4. The Balaban J connectivity index is 1.73. The molecule has 0 bridgehead atoms. The molecule has 2 heterocycles. The number of rotatable bonds is 6. The van der Waals surface area contributed by atoms with E-state index in [-0.39, 0.29) is 10.7 Å². The van der Waals surface area contributed by atoms with Crippen LogP contribution in [0.25, 0.3) is 11.3 Å². The van der Waals surface area contributed by atoms with Crippen LogP contribution in [-0.4, -0.2) is 30.0 Å². The predicted octanol–water partition coefficient (Wildman–Crippen LogP) is 3.95. The predicted molar refractivity (Wildman–Crippen MR) is 105 cm³/mol. The molecule has 2 N–H and O–H groups in total. The van der Waals surface area contributed by atoms with Crippen LogP contribution in [-0.2, 0) is 16.2 Å². The highest BCUT2D eigenvalue weighted by atomic mass is 32.2. The first-order valence-corrected chi connectivity index (χ1v) is 10.6. The average Bonchev–Trinajstić information content (AvgIpc) is 3.44. The van der Waals surface area contributed by atoms with Crippen molar-refractivity contribution in [3.63, 3.8) is 0 Å². The molecule has 3 aromatic rings. The lowest BCUT2D eigenvalue weighted by molar-refractivity contribution is -0.137. The molecule has 0 amide bonds. The molecular weight excluding hydrogens is 419 g/mol. The van der Waals surface area contributed by atoms with Crippen molar-refractivity contribution in [1.29, 1.82) is 0 Å². The molecule has 1 aliphatic carbocycles. The van der Waals surface area contributed by atoms with Crippen molar-refractivity contribution in [2.24, 2.45) is 0 Å². The first-order chi connectivity index (χ1) is 14.2. The number of halogens is 3. The molecule has 11 heteroatoms. The summed E-state index contributed by atoms with van der Waals surface area (Å²) in [7, 11) is -2.47. The molecule has 0 saturated heterocycles. The van der Waals surface area contributed by atoms with E-state index in [9.17, 15) is 21.6 Å². The zero-order chi connectivity index (χ0) is 21.5. The van der Waals surface area contributed by atoms with E-state index in [0.717, 1.165) is 31.2 Å². The molecule has 30 heavy (non-hydrogen) atoms. The van der Waals surface area contributed by atoms with Crippen molar-refractivity contribution in [3.05, 3.63) is 54.6 Å². The normalized spacial score (nSPS) is 14.7. The molecule has 4 rings (SSSR count). The van der Waals surface area contributed by atoms with E-state index in [4.69, 9.17) is 0 Å². The fraction of sp³-hybridized carbons (Fsp3) is 0.263. The Morgan fingerprint density at radius 2 is 1.90 bits per heavy atom. The summed E-state index contributed by atoms with van der Waals surface area (Å²) in [5.41, 5.74) is 0.336. The number of hydrogen-bond donors (Lipinski definition) is 2. The van der Waals surface area contributed by atoms with Gasteiger partial charge in [0.2, 0.25) is 10.0 Å². The molecule has 1 aromatic carbocycles. The molecule has 0 aliphatic heterocycles. The number of imidazole rings is 1. The molecule has 0 unspecified atom stereocenters. The molecule has 158 valence electrons. The smallest absolute Gasteiger partial charge is 0.340 e. The maximum Gasteiger partial charge on any atom is 0.416 e. The third-order valence-corrected chi connectivity index (χ3v) is 6.22. The standard InChI is InChI=1S/C19H18F3N5O2S/c1-23-30(28,29)17-5-2-13(26-18-8-12(6-7-24-18)19(20,21)22)9-15(17)16-10-27(11-25-16)14-3-4-14/h2,5-11,14,23H,3-4H2,1H3,(H,24,26). The number of hydrogen-bond acceptors (Lipinski definition) is 5. The van der Waals surface area contributed by atoms with Gasteiger partial charge in [-0.3, -0.25) is 0 Å². The van der Waals surface area contributed by atoms with Crippen LogP contribution in [0.15, 0.2) is 53.9 Å². The van der Waals surface area contributed by atoms with Crippen LogP contribution in [0.1, 0.15) is 24.4 Å². The fourth-order valence-electron chi connectivity index (χ4n) is 3.02. The van der Waals surface area contributed by atoms with E-state index in [1.807, 2.05) is 4.57 Å². The molecular formula is C19H18F3N5O2S. The second-order valence-corrected chi connectivity index (χ2v) is 8.76. The van der Waals surface area contributed by atoms with Gasteiger partial charge in [0.25, 0.3) is 0 Å². The number of nitrogens with zero attached hydrogens (tertiary/aromatic N) is 3. The van der Waals surface area contributed by atoms with E-state index < -0.39 is 21.8 Å². The van der Waals surface area contributed by atoms with Crippen LogP contribution in [0.4, 0.5) is 24.7 Å².